The average Bonchev–Trinajstić information content (AvgIpc) is 3.21. The number of thioether (sulfide) groups is 1. The summed E-state index contributed by atoms with van der Waals surface area (Å²) in [6.45, 7) is 10.4. The van der Waals surface area contributed by atoms with E-state index in [9.17, 15) is 9.59 Å². The third-order valence-corrected chi connectivity index (χ3v) is 6.75. The molecule has 1 aromatic heterocycles. The standard InChI is InChI=1S/C16H23NOS.C10H15NO.CH2O/c1-17-10-8-14(9-11-17)16(18)7-6-13-4-3-5-15(12-13)19-2;1-8(2)11-6-9(3)10(7-11)4-5-12;1-2/h3-5,12,14H,6-11H2,1-2H3;5-8H,4H2,1-3H3;1H2. The molecule has 2 heterocycles. The highest BCUT2D eigenvalue weighted by Crippen LogP contribution is 2.21. The average molecular weight is 473 g/mol. The number of aldehydes is 1. The van der Waals surface area contributed by atoms with Crippen molar-refractivity contribution in [2.45, 2.75) is 63.8 Å². The maximum absolute atomic E-state index is 12.2. The largest absolute Gasteiger partial charge is 0.351 e. The zero-order valence-electron chi connectivity index (χ0n) is 20.9. The fourth-order valence-corrected chi connectivity index (χ4v) is 4.34. The number of carbonyl (C=O) groups excluding carboxylic acids is 3. The number of piperidine rings is 1. The first-order chi connectivity index (χ1) is 15.8. The third-order valence-electron chi connectivity index (χ3n) is 6.02. The van der Waals surface area contributed by atoms with Gasteiger partial charge in [0.25, 0.3) is 0 Å². The van der Waals surface area contributed by atoms with Gasteiger partial charge in [-0.25, -0.2) is 0 Å². The first kappa shape index (κ1) is 28.9. The summed E-state index contributed by atoms with van der Waals surface area (Å²) in [4.78, 5) is 34.1. The Labute approximate surface area is 203 Å². The molecule has 33 heavy (non-hydrogen) atoms. The van der Waals surface area contributed by atoms with Crippen molar-refractivity contribution in [3.05, 3.63) is 53.3 Å². The molecule has 1 saturated heterocycles. The first-order valence-electron chi connectivity index (χ1n) is 11.6. The topological polar surface area (TPSA) is 59.4 Å². The zero-order valence-corrected chi connectivity index (χ0v) is 21.7. The molecule has 1 aliphatic heterocycles. The number of ketones is 1. The lowest BCUT2D eigenvalue weighted by atomic mass is 9.90. The van der Waals surface area contributed by atoms with Crippen LogP contribution in [0.2, 0.25) is 0 Å². The molecule has 5 nitrogen and oxygen atoms in total. The maximum atomic E-state index is 12.2. The molecular weight excluding hydrogens is 432 g/mol. The molecular formula is C27H40N2O3S. The van der Waals surface area contributed by atoms with Gasteiger partial charge in [0.1, 0.15) is 18.9 Å². The van der Waals surface area contributed by atoms with Crippen LogP contribution in [0.3, 0.4) is 0 Å². The van der Waals surface area contributed by atoms with Gasteiger partial charge in [0.2, 0.25) is 0 Å². The van der Waals surface area contributed by atoms with Gasteiger partial charge in [0.05, 0.1) is 0 Å². The van der Waals surface area contributed by atoms with Crippen LogP contribution in [-0.4, -0.2) is 54.7 Å². The summed E-state index contributed by atoms with van der Waals surface area (Å²) in [6, 6.07) is 9.01. The van der Waals surface area contributed by atoms with Crippen molar-refractivity contribution >= 4 is 30.6 Å². The molecule has 0 unspecified atom stereocenters. The number of hydrogen-bond donors (Lipinski definition) is 0. The van der Waals surface area contributed by atoms with E-state index in [1.807, 2.05) is 13.7 Å². The second-order valence-electron chi connectivity index (χ2n) is 8.77. The van der Waals surface area contributed by atoms with E-state index in [4.69, 9.17) is 4.79 Å². The molecule has 0 spiro atoms. The summed E-state index contributed by atoms with van der Waals surface area (Å²) in [5.74, 6) is 0.766. The number of aryl methyl sites for hydroxylation is 2. The minimum absolute atomic E-state index is 0.305. The summed E-state index contributed by atoms with van der Waals surface area (Å²) in [5, 5.41) is 0. The molecule has 0 amide bonds. The number of nitrogens with zero attached hydrogens (tertiary/aromatic N) is 2. The Morgan fingerprint density at radius 3 is 2.42 bits per heavy atom. The first-order valence-corrected chi connectivity index (χ1v) is 12.8. The Hall–Kier alpha value is -2.18. The van der Waals surface area contributed by atoms with E-state index in [0.29, 0.717) is 30.6 Å². The summed E-state index contributed by atoms with van der Waals surface area (Å²) in [7, 11) is 2.13. The van der Waals surface area contributed by atoms with E-state index in [2.05, 4.69) is 73.3 Å². The van der Waals surface area contributed by atoms with Crippen LogP contribution in [0.4, 0.5) is 0 Å². The van der Waals surface area contributed by atoms with E-state index < -0.39 is 0 Å². The highest BCUT2D eigenvalue weighted by atomic mass is 32.2. The SMILES string of the molecule is C=O.CSc1cccc(CCC(=O)C2CCN(C)CC2)c1.Cc1cn(C(C)C)cc1CC=O. The minimum atomic E-state index is 0.305. The van der Waals surface area contributed by atoms with Crippen LogP contribution in [0.25, 0.3) is 0 Å². The fourth-order valence-electron chi connectivity index (χ4n) is 3.86. The van der Waals surface area contributed by atoms with Crippen molar-refractivity contribution in [3.8, 4) is 0 Å². The molecule has 0 aliphatic carbocycles. The lowest BCUT2D eigenvalue weighted by molar-refractivity contribution is -0.124. The Morgan fingerprint density at radius 1 is 1.21 bits per heavy atom. The van der Waals surface area contributed by atoms with Crippen LogP contribution in [-0.2, 0) is 27.2 Å². The molecule has 182 valence electrons. The number of aromatic nitrogens is 1. The maximum Gasteiger partial charge on any atom is 0.136 e. The van der Waals surface area contributed by atoms with Crippen molar-refractivity contribution in [2.24, 2.45) is 5.92 Å². The van der Waals surface area contributed by atoms with Crippen molar-refractivity contribution in [3.63, 3.8) is 0 Å². The lowest BCUT2D eigenvalue weighted by Crippen LogP contribution is -2.33. The van der Waals surface area contributed by atoms with Crippen LogP contribution in [0.15, 0.2) is 41.6 Å². The smallest absolute Gasteiger partial charge is 0.136 e. The highest BCUT2D eigenvalue weighted by Gasteiger charge is 2.22. The number of Topliss-reactive ketones (excluding diaryl/α,β-unsaturated/α-hetero) is 1. The van der Waals surface area contributed by atoms with Crippen LogP contribution in [0.1, 0.15) is 55.8 Å². The van der Waals surface area contributed by atoms with Crippen LogP contribution >= 0.6 is 11.8 Å². The minimum Gasteiger partial charge on any atom is -0.351 e. The Kier molecular flexibility index (Phi) is 13.7. The molecule has 1 fully saturated rings. The van der Waals surface area contributed by atoms with Gasteiger partial charge in [0, 0.05) is 42.1 Å². The molecule has 0 N–H and O–H groups in total. The molecule has 1 aromatic carbocycles. The Bertz CT molecular complexity index is 855. The van der Waals surface area contributed by atoms with E-state index in [1.165, 1.54) is 16.0 Å². The molecule has 0 atom stereocenters. The molecule has 1 aliphatic rings. The van der Waals surface area contributed by atoms with Crippen molar-refractivity contribution in [1.82, 2.24) is 9.47 Å². The Balaban J connectivity index is 0.000000335. The molecule has 2 aromatic rings. The van der Waals surface area contributed by atoms with Gasteiger partial charge in [0.15, 0.2) is 0 Å². The van der Waals surface area contributed by atoms with Gasteiger partial charge in [-0.05, 0) is 95.2 Å². The summed E-state index contributed by atoms with van der Waals surface area (Å²) in [5.41, 5.74) is 3.63. The fraction of sp³-hybridized carbons (Fsp3) is 0.519. The van der Waals surface area contributed by atoms with Crippen molar-refractivity contribution in [1.29, 1.82) is 0 Å². The van der Waals surface area contributed by atoms with E-state index in [1.54, 1.807) is 11.8 Å². The highest BCUT2D eigenvalue weighted by molar-refractivity contribution is 7.98. The van der Waals surface area contributed by atoms with Gasteiger partial charge in [-0.3, -0.25) is 4.79 Å². The number of rotatable bonds is 8. The monoisotopic (exact) mass is 472 g/mol. The predicted molar refractivity (Wildman–Crippen MR) is 138 cm³/mol. The van der Waals surface area contributed by atoms with E-state index in [-0.39, 0.29) is 0 Å². The van der Waals surface area contributed by atoms with Crippen LogP contribution in [0.5, 0.6) is 0 Å². The number of benzene rings is 1. The summed E-state index contributed by atoms with van der Waals surface area (Å²) >= 11 is 1.76. The molecule has 0 bridgehead atoms. The third kappa shape index (κ3) is 10.1. The van der Waals surface area contributed by atoms with Gasteiger partial charge < -0.3 is 19.1 Å². The number of hydrogen-bond acceptors (Lipinski definition) is 5. The second kappa shape index (κ2) is 15.6. The normalized spacial score (nSPS) is 14.1. The van der Waals surface area contributed by atoms with E-state index in [0.717, 1.165) is 44.2 Å². The quantitative estimate of drug-likeness (QED) is 0.391. The Morgan fingerprint density at radius 2 is 1.88 bits per heavy atom. The molecule has 3 rings (SSSR count). The predicted octanol–water partition coefficient (Wildman–Crippen LogP) is 5.19. The number of likely N-dealkylation sites (tertiary alicyclic amines) is 1. The summed E-state index contributed by atoms with van der Waals surface area (Å²) < 4.78 is 2.13. The van der Waals surface area contributed by atoms with Gasteiger partial charge in [-0.2, -0.15) is 0 Å². The van der Waals surface area contributed by atoms with Gasteiger partial charge in [-0.15, -0.1) is 11.8 Å². The van der Waals surface area contributed by atoms with Gasteiger partial charge in [-0.1, -0.05) is 12.1 Å². The molecule has 0 saturated carbocycles. The number of carbonyl (C=O) groups is 3. The second-order valence-corrected chi connectivity index (χ2v) is 9.65. The summed E-state index contributed by atoms with van der Waals surface area (Å²) in [6.07, 6.45) is 11.4. The van der Waals surface area contributed by atoms with Gasteiger partial charge >= 0.3 is 0 Å². The molecule has 0 radical (unpaired) electrons. The van der Waals surface area contributed by atoms with Crippen molar-refractivity contribution < 1.29 is 14.4 Å². The molecule has 6 heteroatoms. The lowest BCUT2D eigenvalue weighted by Gasteiger charge is -2.28. The zero-order chi connectivity index (χ0) is 24.8. The van der Waals surface area contributed by atoms with Crippen LogP contribution in [0, 0.1) is 12.8 Å². The van der Waals surface area contributed by atoms with Crippen molar-refractivity contribution in [2.75, 3.05) is 26.4 Å². The van der Waals surface area contributed by atoms with Crippen LogP contribution < -0.4 is 0 Å². The van der Waals surface area contributed by atoms with E-state index >= 15 is 0 Å².